The van der Waals surface area contributed by atoms with E-state index in [1.807, 2.05) is 19.9 Å². The Morgan fingerprint density at radius 1 is 1.12 bits per heavy atom. The minimum atomic E-state index is 0.269. The normalized spacial score (nSPS) is 12.2. The van der Waals surface area contributed by atoms with Gasteiger partial charge >= 0.3 is 0 Å². The molecule has 0 aromatic heterocycles. The molecule has 1 rings (SSSR count). The van der Waals surface area contributed by atoms with Crippen molar-refractivity contribution in [3.05, 3.63) is 47.0 Å². The molecule has 0 bridgehead atoms. The van der Waals surface area contributed by atoms with Gasteiger partial charge in [0.2, 0.25) is 0 Å². The van der Waals surface area contributed by atoms with E-state index < -0.39 is 0 Å². The molecule has 0 aliphatic rings. The van der Waals surface area contributed by atoms with Gasteiger partial charge in [0.1, 0.15) is 0 Å². The molecule has 0 unspecified atom stereocenters. The van der Waals surface area contributed by atoms with Crippen LogP contribution < -0.4 is 0 Å². The molecule has 0 heterocycles. The first kappa shape index (κ1) is 12.7. The molecule has 1 heteroatoms. The van der Waals surface area contributed by atoms with E-state index in [1.165, 1.54) is 11.1 Å². The molecule has 0 fully saturated rings. The second-order valence-electron chi connectivity index (χ2n) is 4.17. The Balaban J connectivity index is 2.59. The van der Waals surface area contributed by atoms with Gasteiger partial charge in [-0.05, 0) is 37.8 Å². The van der Waals surface area contributed by atoms with Crippen molar-refractivity contribution >= 4 is 5.78 Å². The molecule has 0 atom stereocenters. The summed E-state index contributed by atoms with van der Waals surface area (Å²) in [6, 6.07) is 10.4. The highest BCUT2D eigenvalue weighted by Crippen LogP contribution is 2.14. The third kappa shape index (κ3) is 3.65. The number of hydrogen-bond acceptors (Lipinski definition) is 1. The molecule has 1 nitrogen and oxygen atoms in total. The Kier molecular flexibility index (Phi) is 4.97. The summed E-state index contributed by atoms with van der Waals surface area (Å²) in [5, 5.41) is 0. The monoisotopic (exact) mass is 216 g/mol. The van der Waals surface area contributed by atoms with Crippen molar-refractivity contribution in [3.8, 4) is 0 Å². The molecule has 0 aliphatic heterocycles. The summed E-state index contributed by atoms with van der Waals surface area (Å²) in [5.41, 5.74) is 3.49. The maximum absolute atomic E-state index is 11.5. The number of rotatable bonds is 5. The fraction of sp³-hybridized carbons (Fsp3) is 0.400. The number of ketones is 1. The molecular weight excluding hydrogens is 196 g/mol. The van der Waals surface area contributed by atoms with E-state index in [2.05, 4.69) is 31.2 Å². The molecule has 0 amide bonds. The minimum Gasteiger partial charge on any atom is -0.295 e. The highest BCUT2D eigenvalue weighted by molar-refractivity contribution is 5.95. The summed E-state index contributed by atoms with van der Waals surface area (Å²) in [7, 11) is 0. The highest BCUT2D eigenvalue weighted by atomic mass is 16.1. The SMILES string of the molecule is CCC(=O)/C(C)=C(\C)CCc1ccccc1. The maximum atomic E-state index is 11.5. The molecule has 86 valence electrons. The van der Waals surface area contributed by atoms with Crippen molar-refractivity contribution in [2.45, 2.75) is 40.0 Å². The van der Waals surface area contributed by atoms with Crippen LogP contribution in [0.25, 0.3) is 0 Å². The quantitative estimate of drug-likeness (QED) is 0.681. The van der Waals surface area contributed by atoms with E-state index in [-0.39, 0.29) is 5.78 Å². The van der Waals surface area contributed by atoms with Crippen LogP contribution in [0, 0.1) is 0 Å². The molecule has 0 saturated heterocycles. The largest absolute Gasteiger partial charge is 0.295 e. The molecule has 0 aliphatic carbocycles. The van der Waals surface area contributed by atoms with Gasteiger partial charge in [0.25, 0.3) is 0 Å². The molecule has 0 spiro atoms. The zero-order valence-corrected chi connectivity index (χ0v) is 10.4. The van der Waals surface area contributed by atoms with Crippen LogP contribution >= 0.6 is 0 Å². The topological polar surface area (TPSA) is 17.1 Å². The standard InChI is InChI=1S/C15H20O/c1-4-15(16)13(3)12(2)10-11-14-8-6-5-7-9-14/h5-9H,4,10-11H2,1-3H3/b13-12+. The van der Waals surface area contributed by atoms with Gasteiger partial charge in [-0.15, -0.1) is 0 Å². The number of hydrogen-bond donors (Lipinski definition) is 0. The van der Waals surface area contributed by atoms with E-state index in [9.17, 15) is 4.79 Å². The van der Waals surface area contributed by atoms with Gasteiger partial charge < -0.3 is 0 Å². The zero-order valence-electron chi connectivity index (χ0n) is 10.4. The molecule has 0 saturated carbocycles. The van der Waals surface area contributed by atoms with Gasteiger partial charge in [-0.25, -0.2) is 0 Å². The highest BCUT2D eigenvalue weighted by Gasteiger charge is 2.05. The summed E-state index contributed by atoms with van der Waals surface area (Å²) >= 11 is 0. The lowest BCUT2D eigenvalue weighted by Gasteiger charge is -2.06. The Hall–Kier alpha value is -1.37. The number of carbonyl (C=O) groups excluding carboxylic acids is 1. The summed E-state index contributed by atoms with van der Waals surface area (Å²) in [4.78, 5) is 11.5. The number of benzene rings is 1. The maximum Gasteiger partial charge on any atom is 0.158 e. The van der Waals surface area contributed by atoms with Gasteiger partial charge in [-0.2, -0.15) is 0 Å². The van der Waals surface area contributed by atoms with Crippen LogP contribution in [0.4, 0.5) is 0 Å². The van der Waals surface area contributed by atoms with Crippen molar-refractivity contribution in [1.82, 2.24) is 0 Å². The minimum absolute atomic E-state index is 0.269. The smallest absolute Gasteiger partial charge is 0.158 e. The van der Waals surface area contributed by atoms with Gasteiger partial charge in [0, 0.05) is 6.42 Å². The Morgan fingerprint density at radius 3 is 2.31 bits per heavy atom. The van der Waals surface area contributed by atoms with Crippen LogP contribution in [0.3, 0.4) is 0 Å². The molecule has 16 heavy (non-hydrogen) atoms. The van der Waals surface area contributed by atoms with E-state index in [0.717, 1.165) is 18.4 Å². The number of allylic oxidation sites excluding steroid dienone is 2. The van der Waals surface area contributed by atoms with Crippen LogP contribution in [-0.4, -0.2) is 5.78 Å². The third-order valence-corrected chi connectivity index (χ3v) is 3.01. The molecule has 0 N–H and O–H groups in total. The number of carbonyl (C=O) groups is 1. The molecule has 1 aromatic carbocycles. The average Bonchev–Trinajstić information content (AvgIpc) is 2.35. The Bertz CT molecular complexity index is 374. The van der Waals surface area contributed by atoms with Crippen molar-refractivity contribution < 1.29 is 4.79 Å². The van der Waals surface area contributed by atoms with Crippen LogP contribution in [0.2, 0.25) is 0 Å². The summed E-state index contributed by atoms with van der Waals surface area (Å²) in [6.45, 7) is 5.91. The van der Waals surface area contributed by atoms with Crippen molar-refractivity contribution in [2.24, 2.45) is 0 Å². The molecular formula is C15H20O. The summed E-state index contributed by atoms with van der Waals surface area (Å²) < 4.78 is 0. The summed E-state index contributed by atoms with van der Waals surface area (Å²) in [5.74, 6) is 0.269. The Labute approximate surface area is 98.2 Å². The Morgan fingerprint density at radius 2 is 1.75 bits per heavy atom. The average molecular weight is 216 g/mol. The third-order valence-electron chi connectivity index (χ3n) is 3.01. The van der Waals surface area contributed by atoms with E-state index in [0.29, 0.717) is 6.42 Å². The van der Waals surface area contributed by atoms with Gasteiger partial charge in [-0.3, -0.25) is 4.79 Å². The summed E-state index contributed by atoms with van der Waals surface area (Å²) in [6.07, 6.45) is 2.59. The lowest BCUT2D eigenvalue weighted by Crippen LogP contribution is -2.00. The molecule has 1 aromatic rings. The molecule has 0 radical (unpaired) electrons. The zero-order chi connectivity index (χ0) is 12.0. The number of aryl methyl sites for hydroxylation is 1. The van der Waals surface area contributed by atoms with Crippen LogP contribution in [0.5, 0.6) is 0 Å². The van der Waals surface area contributed by atoms with Crippen molar-refractivity contribution in [1.29, 1.82) is 0 Å². The lowest BCUT2D eigenvalue weighted by atomic mass is 9.99. The van der Waals surface area contributed by atoms with Gasteiger partial charge in [0.15, 0.2) is 5.78 Å². The van der Waals surface area contributed by atoms with E-state index >= 15 is 0 Å². The second kappa shape index (κ2) is 6.26. The van der Waals surface area contributed by atoms with Gasteiger partial charge in [-0.1, -0.05) is 42.8 Å². The van der Waals surface area contributed by atoms with Crippen LogP contribution in [0.1, 0.15) is 39.2 Å². The first-order chi connectivity index (χ1) is 7.65. The van der Waals surface area contributed by atoms with Crippen LogP contribution in [0.15, 0.2) is 41.5 Å². The van der Waals surface area contributed by atoms with Crippen molar-refractivity contribution in [3.63, 3.8) is 0 Å². The van der Waals surface area contributed by atoms with E-state index in [1.54, 1.807) is 0 Å². The first-order valence-corrected chi connectivity index (χ1v) is 5.88. The second-order valence-corrected chi connectivity index (χ2v) is 4.17. The van der Waals surface area contributed by atoms with Crippen molar-refractivity contribution in [2.75, 3.05) is 0 Å². The lowest BCUT2D eigenvalue weighted by molar-refractivity contribution is -0.115. The number of Topliss-reactive ketones (excluding diaryl/α,β-unsaturated/α-hetero) is 1. The fourth-order valence-electron chi connectivity index (χ4n) is 1.67. The van der Waals surface area contributed by atoms with Crippen LogP contribution in [-0.2, 0) is 11.2 Å². The fourth-order valence-corrected chi connectivity index (χ4v) is 1.67. The predicted molar refractivity (Wildman–Crippen MR) is 68.4 cm³/mol. The predicted octanol–water partition coefficient (Wildman–Crippen LogP) is 3.93. The van der Waals surface area contributed by atoms with Gasteiger partial charge in [0.05, 0.1) is 0 Å². The first-order valence-electron chi connectivity index (χ1n) is 5.88. The van der Waals surface area contributed by atoms with E-state index in [4.69, 9.17) is 0 Å².